The Morgan fingerprint density at radius 2 is 1.97 bits per heavy atom. The van der Waals surface area contributed by atoms with Crippen LogP contribution in [0.4, 0.5) is 5.69 Å². The summed E-state index contributed by atoms with van der Waals surface area (Å²) in [4.78, 5) is 12.7. The van der Waals surface area contributed by atoms with Crippen LogP contribution in [0.1, 0.15) is 12.8 Å². The van der Waals surface area contributed by atoms with Crippen molar-refractivity contribution in [3.05, 3.63) is 47.5 Å². The Kier molecular flexibility index (Phi) is 6.66. The highest BCUT2D eigenvalue weighted by molar-refractivity contribution is 7.89. The van der Waals surface area contributed by atoms with Crippen LogP contribution in [-0.4, -0.2) is 45.9 Å². The molecule has 1 saturated heterocycles. The van der Waals surface area contributed by atoms with Gasteiger partial charge in [-0.15, -0.1) is 0 Å². The van der Waals surface area contributed by atoms with Crippen LogP contribution >= 0.6 is 11.6 Å². The van der Waals surface area contributed by atoms with Gasteiger partial charge >= 0.3 is 0 Å². The van der Waals surface area contributed by atoms with Gasteiger partial charge in [-0.3, -0.25) is 4.79 Å². The lowest BCUT2D eigenvalue weighted by atomic mass is 9.99. The second kappa shape index (κ2) is 9.02. The second-order valence-electron chi connectivity index (χ2n) is 6.72. The van der Waals surface area contributed by atoms with Crippen LogP contribution < -0.4 is 14.8 Å². The summed E-state index contributed by atoms with van der Waals surface area (Å²) in [6, 6.07) is 11.5. The van der Waals surface area contributed by atoms with Crippen LogP contribution in [0.3, 0.4) is 0 Å². The molecule has 0 unspecified atom stereocenters. The smallest absolute Gasteiger partial charge is 0.246 e. The first-order valence-corrected chi connectivity index (χ1v) is 11.0. The van der Waals surface area contributed by atoms with E-state index >= 15 is 0 Å². The van der Waals surface area contributed by atoms with Crippen molar-refractivity contribution in [2.45, 2.75) is 17.7 Å². The highest BCUT2D eigenvalue weighted by atomic mass is 35.5. The summed E-state index contributed by atoms with van der Waals surface area (Å²) in [5.74, 6) is -0.0492. The number of hydrogen-bond donors (Lipinski definition) is 1. The molecule has 1 atom stereocenters. The molecule has 0 spiro atoms. The number of ether oxygens (including phenoxy) is 2. The number of halogens is 1. The molecular formula is C20H23ClN2O5S. The van der Waals surface area contributed by atoms with Gasteiger partial charge in [0.25, 0.3) is 0 Å². The molecule has 1 N–H and O–H groups in total. The van der Waals surface area contributed by atoms with E-state index in [1.54, 1.807) is 36.4 Å². The first-order chi connectivity index (χ1) is 13.8. The summed E-state index contributed by atoms with van der Waals surface area (Å²) in [5.41, 5.74) is 0.581. The fourth-order valence-corrected chi connectivity index (χ4v) is 5.19. The Morgan fingerprint density at radius 1 is 1.17 bits per heavy atom. The largest absolute Gasteiger partial charge is 0.497 e. The van der Waals surface area contributed by atoms with Crippen molar-refractivity contribution < 1.29 is 22.7 Å². The standard InChI is InChI=1S/C20H23ClN2O5S/c1-27-17-8-9-18(28-2)19(12-17)29(25,26)23-10-4-5-14(13-23)20(24)22-16-7-3-6-15(21)11-16/h3,6-9,11-12,14H,4-5,10,13H2,1-2H3,(H,22,24)/t14-/m1/s1. The van der Waals surface area contributed by atoms with Gasteiger partial charge in [0.15, 0.2) is 0 Å². The zero-order valence-corrected chi connectivity index (χ0v) is 17.8. The molecule has 0 aliphatic carbocycles. The second-order valence-corrected chi connectivity index (χ2v) is 9.06. The van der Waals surface area contributed by atoms with Gasteiger partial charge in [0.05, 0.1) is 20.1 Å². The maximum Gasteiger partial charge on any atom is 0.246 e. The number of hydrogen-bond acceptors (Lipinski definition) is 5. The van der Waals surface area contributed by atoms with Gasteiger partial charge in [-0.05, 0) is 43.2 Å². The summed E-state index contributed by atoms with van der Waals surface area (Å²) in [7, 11) is -0.974. The van der Waals surface area contributed by atoms with Gasteiger partial charge in [0.2, 0.25) is 15.9 Å². The first kappa shape index (κ1) is 21.4. The number of piperidine rings is 1. The Balaban J connectivity index is 1.80. The fourth-order valence-electron chi connectivity index (χ4n) is 3.31. The lowest BCUT2D eigenvalue weighted by molar-refractivity contribution is -0.120. The van der Waals surface area contributed by atoms with Gasteiger partial charge in [-0.2, -0.15) is 4.31 Å². The average molecular weight is 439 g/mol. The SMILES string of the molecule is COc1ccc(OC)c(S(=O)(=O)N2CCC[C@@H](C(=O)Nc3cccc(Cl)c3)C2)c1. The van der Waals surface area contributed by atoms with Crippen molar-refractivity contribution in [3.8, 4) is 11.5 Å². The first-order valence-electron chi connectivity index (χ1n) is 9.13. The molecule has 1 aliphatic heterocycles. The number of nitrogens with zero attached hydrogens (tertiary/aromatic N) is 1. The molecule has 0 radical (unpaired) electrons. The zero-order valence-electron chi connectivity index (χ0n) is 16.2. The van der Waals surface area contributed by atoms with E-state index in [0.29, 0.717) is 35.8 Å². The zero-order chi connectivity index (χ0) is 21.0. The number of nitrogens with one attached hydrogen (secondary N) is 1. The molecule has 3 rings (SSSR count). The quantitative estimate of drug-likeness (QED) is 0.747. The molecule has 1 amide bonds. The van der Waals surface area contributed by atoms with Crippen LogP contribution in [0.2, 0.25) is 5.02 Å². The van der Waals surface area contributed by atoms with E-state index in [1.807, 2.05) is 0 Å². The van der Waals surface area contributed by atoms with Crippen LogP contribution in [-0.2, 0) is 14.8 Å². The molecule has 9 heteroatoms. The number of carbonyl (C=O) groups excluding carboxylic acids is 1. The molecule has 0 bridgehead atoms. The molecule has 2 aromatic carbocycles. The fraction of sp³-hybridized carbons (Fsp3) is 0.350. The van der Waals surface area contributed by atoms with Crippen LogP contribution in [0, 0.1) is 5.92 Å². The normalized spacial score (nSPS) is 17.6. The molecule has 29 heavy (non-hydrogen) atoms. The molecule has 1 fully saturated rings. The molecular weight excluding hydrogens is 416 g/mol. The third-order valence-corrected chi connectivity index (χ3v) is 6.96. The number of amides is 1. The third kappa shape index (κ3) is 4.83. The Labute approximate surface area is 175 Å². The minimum atomic E-state index is -3.86. The van der Waals surface area contributed by atoms with E-state index < -0.39 is 15.9 Å². The number of methoxy groups -OCH3 is 2. The highest BCUT2D eigenvalue weighted by Crippen LogP contribution is 2.33. The van der Waals surface area contributed by atoms with Gasteiger partial charge in [0.1, 0.15) is 16.4 Å². The van der Waals surface area contributed by atoms with E-state index in [-0.39, 0.29) is 23.1 Å². The summed E-state index contributed by atoms with van der Waals surface area (Å²) < 4.78 is 38.2. The van der Waals surface area contributed by atoms with E-state index in [4.69, 9.17) is 21.1 Å². The Morgan fingerprint density at radius 3 is 2.66 bits per heavy atom. The lowest BCUT2D eigenvalue weighted by Gasteiger charge is -2.31. The van der Waals surface area contributed by atoms with Crippen molar-refractivity contribution >= 4 is 33.2 Å². The maximum atomic E-state index is 13.2. The molecule has 0 saturated carbocycles. The summed E-state index contributed by atoms with van der Waals surface area (Å²) >= 11 is 5.96. The van der Waals surface area contributed by atoms with Crippen molar-refractivity contribution in [1.29, 1.82) is 0 Å². The minimum absolute atomic E-state index is 0.0234. The third-order valence-electron chi connectivity index (χ3n) is 4.84. The van der Waals surface area contributed by atoms with Crippen molar-refractivity contribution in [1.82, 2.24) is 4.31 Å². The van der Waals surface area contributed by atoms with Crippen molar-refractivity contribution in [2.24, 2.45) is 5.92 Å². The van der Waals surface area contributed by atoms with Gasteiger partial charge in [0, 0.05) is 29.9 Å². The summed E-state index contributed by atoms with van der Waals surface area (Å²) in [5, 5.41) is 3.33. The van der Waals surface area contributed by atoms with Gasteiger partial charge in [-0.25, -0.2) is 8.42 Å². The number of rotatable bonds is 6. The number of carbonyl (C=O) groups is 1. The van der Waals surface area contributed by atoms with Gasteiger partial charge in [-0.1, -0.05) is 17.7 Å². The van der Waals surface area contributed by atoms with Crippen molar-refractivity contribution in [2.75, 3.05) is 32.6 Å². The Hall–Kier alpha value is -2.29. The van der Waals surface area contributed by atoms with Gasteiger partial charge < -0.3 is 14.8 Å². The lowest BCUT2D eigenvalue weighted by Crippen LogP contribution is -2.43. The molecule has 1 aliphatic rings. The summed E-state index contributed by atoms with van der Waals surface area (Å²) in [6.07, 6.45) is 1.19. The summed E-state index contributed by atoms with van der Waals surface area (Å²) in [6.45, 7) is 0.429. The number of anilines is 1. The van der Waals surface area contributed by atoms with Crippen LogP contribution in [0.15, 0.2) is 47.4 Å². The topological polar surface area (TPSA) is 84.9 Å². The van der Waals surface area contributed by atoms with Crippen molar-refractivity contribution in [3.63, 3.8) is 0 Å². The predicted molar refractivity (Wildman–Crippen MR) is 111 cm³/mol. The van der Waals surface area contributed by atoms with E-state index in [9.17, 15) is 13.2 Å². The number of benzene rings is 2. The van der Waals surface area contributed by atoms with Crippen LogP contribution in [0.5, 0.6) is 11.5 Å². The van der Waals surface area contributed by atoms with E-state index in [0.717, 1.165) is 0 Å². The monoisotopic (exact) mass is 438 g/mol. The van der Waals surface area contributed by atoms with E-state index in [2.05, 4.69) is 5.32 Å². The average Bonchev–Trinajstić information content (AvgIpc) is 2.73. The molecule has 156 valence electrons. The minimum Gasteiger partial charge on any atom is -0.497 e. The molecule has 1 heterocycles. The maximum absolute atomic E-state index is 13.2. The number of sulfonamides is 1. The predicted octanol–water partition coefficient (Wildman–Crippen LogP) is 3.40. The molecule has 7 nitrogen and oxygen atoms in total. The molecule has 0 aromatic heterocycles. The van der Waals surface area contributed by atoms with E-state index in [1.165, 1.54) is 24.6 Å². The highest BCUT2D eigenvalue weighted by Gasteiger charge is 2.35. The molecule has 2 aromatic rings. The Bertz CT molecular complexity index is 996. The van der Waals surface area contributed by atoms with Crippen LogP contribution in [0.25, 0.3) is 0 Å².